The minimum absolute atomic E-state index is 0.0826. The van der Waals surface area contributed by atoms with Crippen molar-refractivity contribution < 1.29 is 4.79 Å². The van der Waals surface area contributed by atoms with E-state index in [4.69, 9.17) is 0 Å². The van der Waals surface area contributed by atoms with E-state index >= 15 is 0 Å². The second kappa shape index (κ2) is 4.45. The Hall–Kier alpha value is -2.42. The fourth-order valence-electron chi connectivity index (χ4n) is 2.01. The zero-order valence-corrected chi connectivity index (χ0v) is 9.76. The molecule has 0 bridgehead atoms. The van der Waals surface area contributed by atoms with E-state index in [2.05, 4.69) is 9.97 Å². The van der Waals surface area contributed by atoms with E-state index < -0.39 is 0 Å². The summed E-state index contributed by atoms with van der Waals surface area (Å²) in [5.41, 5.74) is 2.58. The predicted octanol–water partition coefficient (Wildman–Crippen LogP) is 2.99. The number of H-pyrrole nitrogens is 1. The van der Waals surface area contributed by atoms with Crippen LogP contribution < -0.4 is 0 Å². The molecule has 1 N–H and O–H groups in total. The molecule has 18 heavy (non-hydrogen) atoms. The smallest absolute Gasteiger partial charge is 0.183 e. The number of para-hydroxylation sites is 1. The number of carbonyl (C=O) groups is 1. The van der Waals surface area contributed by atoms with Crippen molar-refractivity contribution in [3.8, 4) is 0 Å². The largest absolute Gasteiger partial charge is 0.352 e. The fraction of sp³-hybridized carbons (Fsp3) is 0.0667. The molecule has 0 aliphatic rings. The van der Waals surface area contributed by atoms with Gasteiger partial charge in [0.2, 0.25) is 0 Å². The summed E-state index contributed by atoms with van der Waals surface area (Å²) >= 11 is 0. The minimum Gasteiger partial charge on any atom is -0.352 e. The number of aromatic amines is 1. The van der Waals surface area contributed by atoms with Crippen molar-refractivity contribution in [2.45, 2.75) is 6.42 Å². The molecule has 0 unspecified atom stereocenters. The third kappa shape index (κ3) is 2.02. The van der Waals surface area contributed by atoms with Gasteiger partial charge < -0.3 is 4.98 Å². The third-order valence-corrected chi connectivity index (χ3v) is 2.92. The molecule has 0 aliphatic carbocycles. The lowest BCUT2D eigenvalue weighted by Gasteiger charge is -1.97. The summed E-state index contributed by atoms with van der Waals surface area (Å²) in [4.78, 5) is 19.3. The highest BCUT2D eigenvalue weighted by molar-refractivity contribution is 6.00. The van der Waals surface area contributed by atoms with E-state index in [0.717, 1.165) is 16.5 Å². The molecule has 88 valence electrons. The number of benzene rings is 1. The average molecular weight is 236 g/mol. The molecule has 0 radical (unpaired) electrons. The number of aromatic nitrogens is 2. The highest BCUT2D eigenvalue weighted by Crippen LogP contribution is 2.16. The number of hydrogen-bond donors (Lipinski definition) is 1. The first-order valence-corrected chi connectivity index (χ1v) is 5.83. The van der Waals surface area contributed by atoms with Gasteiger partial charge in [0.05, 0.1) is 5.69 Å². The second-order valence-corrected chi connectivity index (χ2v) is 4.23. The monoisotopic (exact) mass is 236 g/mol. The van der Waals surface area contributed by atoms with Crippen LogP contribution in [0.1, 0.15) is 16.1 Å². The van der Waals surface area contributed by atoms with E-state index in [1.165, 1.54) is 0 Å². The van der Waals surface area contributed by atoms with Gasteiger partial charge >= 0.3 is 0 Å². The van der Waals surface area contributed by atoms with Gasteiger partial charge in [0.1, 0.15) is 0 Å². The molecule has 0 spiro atoms. The number of nitrogens with one attached hydrogen (secondary N) is 1. The highest BCUT2D eigenvalue weighted by atomic mass is 16.1. The summed E-state index contributed by atoms with van der Waals surface area (Å²) in [5.74, 6) is 0.0826. The Morgan fingerprint density at radius 2 is 2.06 bits per heavy atom. The maximum Gasteiger partial charge on any atom is 0.183 e. The molecule has 0 amide bonds. The topological polar surface area (TPSA) is 45.8 Å². The number of nitrogens with zero attached hydrogens (tertiary/aromatic N) is 1. The molecule has 2 heterocycles. The fourth-order valence-corrected chi connectivity index (χ4v) is 2.01. The summed E-state index contributed by atoms with van der Waals surface area (Å²) in [6.07, 6.45) is 3.80. The Balaban J connectivity index is 1.88. The molecule has 1 aromatic carbocycles. The molecule has 3 nitrogen and oxygen atoms in total. The number of ketones is 1. The number of pyridine rings is 1. The van der Waals surface area contributed by atoms with Gasteiger partial charge in [-0.15, -0.1) is 0 Å². The van der Waals surface area contributed by atoms with Crippen LogP contribution in [0.15, 0.2) is 54.9 Å². The van der Waals surface area contributed by atoms with Gasteiger partial charge in [-0.05, 0) is 23.8 Å². The first-order valence-electron chi connectivity index (χ1n) is 5.83. The van der Waals surface area contributed by atoms with Crippen molar-refractivity contribution in [2.75, 3.05) is 0 Å². The lowest BCUT2D eigenvalue weighted by Crippen LogP contribution is -2.03. The molecule has 0 saturated heterocycles. The zero-order chi connectivity index (χ0) is 12.4. The van der Waals surface area contributed by atoms with Crippen LogP contribution in [0.2, 0.25) is 0 Å². The van der Waals surface area contributed by atoms with Crippen molar-refractivity contribution >= 4 is 16.7 Å². The Morgan fingerprint density at radius 1 is 1.17 bits per heavy atom. The maximum absolute atomic E-state index is 12.1. The lowest BCUT2D eigenvalue weighted by molar-refractivity contribution is 0.0989. The number of fused-ring (bicyclic) bond motifs is 1. The van der Waals surface area contributed by atoms with E-state index in [-0.39, 0.29) is 5.78 Å². The Morgan fingerprint density at radius 3 is 2.83 bits per heavy atom. The quantitative estimate of drug-likeness (QED) is 0.710. The van der Waals surface area contributed by atoms with Gasteiger partial charge in [-0.1, -0.05) is 24.3 Å². The minimum atomic E-state index is 0.0826. The van der Waals surface area contributed by atoms with Crippen molar-refractivity contribution in [3.05, 3.63) is 66.1 Å². The summed E-state index contributed by atoms with van der Waals surface area (Å²) < 4.78 is 0. The van der Waals surface area contributed by atoms with Crippen LogP contribution in [0.3, 0.4) is 0 Å². The van der Waals surface area contributed by atoms with Gasteiger partial charge in [-0.3, -0.25) is 9.78 Å². The molecule has 0 atom stereocenters. The lowest BCUT2D eigenvalue weighted by atomic mass is 10.1. The van der Waals surface area contributed by atoms with Crippen LogP contribution in [0.4, 0.5) is 0 Å². The maximum atomic E-state index is 12.1. The van der Waals surface area contributed by atoms with Gasteiger partial charge in [0.25, 0.3) is 0 Å². The number of hydrogen-bond acceptors (Lipinski definition) is 2. The van der Waals surface area contributed by atoms with Gasteiger partial charge in [-0.25, -0.2) is 0 Å². The van der Waals surface area contributed by atoms with Crippen LogP contribution in [0.5, 0.6) is 0 Å². The second-order valence-electron chi connectivity index (χ2n) is 4.23. The van der Waals surface area contributed by atoms with Crippen LogP contribution in [0, 0.1) is 0 Å². The van der Waals surface area contributed by atoms with Crippen LogP contribution in [-0.4, -0.2) is 15.8 Å². The van der Waals surface area contributed by atoms with Gasteiger partial charge in [0, 0.05) is 29.7 Å². The van der Waals surface area contributed by atoms with Crippen molar-refractivity contribution in [1.29, 1.82) is 0 Å². The van der Waals surface area contributed by atoms with Gasteiger partial charge in [0.15, 0.2) is 5.78 Å². The number of carbonyl (C=O) groups excluding carboxylic acids is 1. The zero-order valence-electron chi connectivity index (χ0n) is 9.76. The molecule has 0 aliphatic heterocycles. The normalized spacial score (nSPS) is 10.7. The molecule has 3 rings (SSSR count). The van der Waals surface area contributed by atoms with Gasteiger partial charge in [-0.2, -0.15) is 0 Å². The Labute approximate surface area is 104 Å². The van der Waals surface area contributed by atoms with E-state index in [1.54, 1.807) is 12.4 Å². The van der Waals surface area contributed by atoms with E-state index in [1.807, 2.05) is 42.5 Å². The molecule has 0 saturated carbocycles. The number of Topliss-reactive ketones (excluding diaryl/α,β-unsaturated/α-hetero) is 1. The van der Waals surface area contributed by atoms with Crippen molar-refractivity contribution in [3.63, 3.8) is 0 Å². The summed E-state index contributed by atoms with van der Waals surface area (Å²) in [7, 11) is 0. The first-order chi connectivity index (χ1) is 8.83. The summed E-state index contributed by atoms with van der Waals surface area (Å²) in [6, 6.07) is 13.5. The SMILES string of the molecule is O=C(Cc1cccnc1)c1cc2ccccc2[nH]1. The molecule has 3 heteroatoms. The van der Waals surface area contributed by atoms with Crippen molar-refractivity contribution in [1.82, 2.24) is 9.97 Å². The Kier molecular flexibility index (Phi) is 2.65. The highest BCUT2D eigenvalue weighted by Gasteiger charge is 2.10. The predicted molar refractivity (Wildman–Crippen MR) is 70.6 cm³/mol. The molecular weight excluding hydrogens is 224 g/mol. The molecule has 0 fully saturated rings. The number of rotatable bonds is 3. The molecule has 2 aromatic heterocycles. The van der Waals surface area contributed by atoms with Crippen LogP contribution in [-0.2, 0) is 6.42 Å². The molecule has 3 aromatic rings. The van der Waals surface area contributed by atoms with Crippen LogP contribution in [0.25, 0.3) is 10.9 Å². The Bertz CT molecular complexity index is 653. The van der Waals surface area contributed by atoms with Crippen LogP contribution >= 0.6 is 0 Å². The average Bonchev–Trinajstić information content (AvgIpc) is 2.84. The van der Waals surface area contributed by atoms with E-state index in [9.17, 15) is 4.79 Å². The summed E-state index contributed by atoms with van der Waals surface area (Å²) in [6.45, 7) is 0. The first kappa shape index (κ1) is 10.7. The van der Waals surface area contributed by atoms with E-state index in [0.29, 0.717) is 12.1 Å². The third-order valence-electron chi connectivity index (χ3n) is 2.92. The molecular formula is C15H12N2O. The summed E-state index contributed by atoms with van der Waals surface area (Å²) in [5, 5.41) is 1.06. The standard InChI is InChI=1S/C15H12N2O/c18-15(8-11-4-3-7-16-10-11)14-9-12-5-1-2-6-13(12)17-14/h1-7,9-10,17H,8H2. The van der Waals surface area contributed by atoms with Crippen molar-refractivity contribution in [2.24, 2.45) is 0 Å².